The molecule has 8 nitrogen and oxygen atoms in total. The zero-order chi connectivity index (χ0) is 26.0. The second kappa shape index (κ2) is 9.92. The van der Waals surface area contributed by atoms with Crippen molar-refractivity contribution in [3.05, 3.63) is 47.5 Å². The molecule has 1 aliphatic heterocycles. The first-order chi connectivity index (χ1) is 16.3. The topological polar surface area (TPSA) is 91.6 Å². The molecule has 1 unspecified atom stereocenters. The van der Waals surface area contributed by atoms with Crippen LogP contribution in [-0.4, -0.2) is 80.7 Å². The molecule has 1 aliphatic rings. The van der Waals surface area contributed by atoms with Gasteiger partial charge in [0.2, 0.25) is 5.91 Å². The maximum Gasteiger partial charge on any atom is 0.407 e. The number of nitrogens with zero attached hydrogens (tertiary/aromatic N) is 5. The fraction of sp³-hybridized carbons (Fsp3) is 0.565. The zero-order valence-corrected chi connectivity index (χ0v) is 19.8. The van der Waals surface area contributed by atoms with E-state index in [0.717, 1.165) is 17.4 Å². The Hall–Kier alpha value is -3.02. The summed E-state index contributed by atoms with van der Waals surface area (Å²) in [5.74, 6) is -2.07. The van der Waals surface area contributed by atoms with Gasteiger partial charge in [0.05, 0.1) is 24.1 Å². The predicted molar refractivity (Wildman–Crippen MR) is 118 cm³/mol. The minimum Gasteiger partial charge on any atom is -0.481 e. The number of carboxylic acid groups (broad SMARTS) is 1. The monoisotopic (exact) mass is 499 g/mol. The highest BCUT2D eigenvalue weighted by Crippen LogP contribution is 2.39. The van der Waals surface area contributed by atoms with Crippen molar-refractivity contribution in [3.63, 3.8) is 0 Å². The molecule has 1 aromatic carbocycles. The zero-order valence-electron chi connectivity index (χ0n) is 19.8. The molecule has 35 heavy (non-hydrogen) atoms. The number of benzene rings is 1. The van der Waals surface area contributed by atoms with Gasteiger partial charge in [-0.15, -0.1) is 5.10 Å². The fourth-order valence-corrected chi connectivity index (χ4v) is 4.19. The lowest BCUT2D eigenvalue weighted by atomic mass is 9.74. The molecule has 1 aromatic heterocycles. The molecule has 3 rings (SSSR count). The number of amides is 1. The van der Waals surface area contributed by atoms with Gasteiger partial charge in [-0.1, -0.05) is 17.3 Å². The normalized spacial score (nSPS) is 17.9. The van der Waals surface area contributed by atoms with E-state index in [2.05, 4.69) is 10.3 Å². The Kier molecular flexibility index (Phi) is 7.53. The molecule has 12 heteroatoms. The van der Waals surface area contributed by atoms with Crippen molar-refractivity contribution in [2.45, 2.75) is 50.9 Å². The standard InChI is InChI=1S/C23H29F4N5O3/c1-21(30(2)3,23(25,26)27)13-19(33)31-10-8-22(9-11-31,20(34)35)12-18-15-32(29-28-18)14-16-4-6-17(24)7-5-16/h4-7,15H,8-14H2,1-3H3,(H,34,35). The Morgan fingerprint density at radius 1 is 1.14 bits per heavy atom. The van der Waals surface area contributed by atoms with Crippen LogP contribution in [0.3, 0.4) is 0 Å². The number of piperidine rings is 1. The van der Waals surface area contributed by atoms with E-state index in [1.54, 1.807) is 18.3 Å². The lowest BCUT2D eigenvalue weighted by Crippen LogP contribution is -2.57. The van der Waals surface area contributed by atoms with Crippen LogP contribution >= 0.6 is 0 Å². The number of alkyl halides is 3. The van der Waals surface area contributed by atoms with Crippen molar-refractivity contribution in [1.82, 2.24) is 24.8 Å². The number of hydrogen-bond donors (Lipinski definition) is 1. The summed E-state index contributed by atoms with van der Waals surface area (Å²) in [5, 5.41) is 18.0. The molecule has 1 amide bonds. The predicted octanol–water partition coefficient (Wildman–Crippen LogP) is 2.97. The van der Waals surface area contributed by atoms with E-state index in [0.29, 0.717) is 12.2 Å². The van der Waals surface area contributed by atoms with Gasteiger partial charge in [-0.2, -0.15) is 13.2 Å². The first kappa shape index (κ1) is 26.6. The number of carboxylic acids is 1. The van der Waals surface area contributed by atoms with Gasteiger partial charge >= 0.3 is 12.1 Å². The SMILES string of the molecule is CN(C)C(C)(CC(=O)N1CCC(Cc2cn(Cc3ccc(F)cc3)nn2)(C(=O)O)CC1)C(F)(F)F. The van der Waals surface area contributed by atoms with E-state index in [4.69, 9.17) is 0 Å². The smallest absolute Gasteiger partial charge is 0.407 e. The van der Waals surface area contributed by atoms with Crippen molar-refractivity contribution in [2.75, 3.05) is 27.2 Å². The number of hydrogen-bond acceptors (Lipinski definition) is 5. The molecule has 1 atom stereocenters. The third-order valence-corrected chi connectivity index (χ3v) is 6.98. The molecule has 0 aliphatic carbocycles. The molecule has 0 spiro atoms. The summed E-state index contributed by atoms with van der Waals surface area (Å²) < 4.78 is 55.4. The van der Waals surface area contributed by atoms with Gasteiger partial charge in [-0.3, -0.25) is 14.5 Å². The summed E-state index contributed by atoms with van der Waals surface area (Å²) >= 11 is 0. The first-order valence-electron chi connectivity index (χ1n) is 11.1. The van der Waals surface area contributed by atoms with Crippen LogP contribution in [-0.2, 0) is 22.6 Å². The van der Waals surface area contributed by atoms with Crippen LogP contribution in [0.4, 0.5) is 17.6 Å². The van der Waals surface area contributed by atoms with E-state index in [-0.39, 0.29) is 38.2 Å². The first-order valence-corrected chi connectivity index (χ1v) is 11.1. The summed E-state index contributed by atoms with van der Waals surface area (Å²) in [7, 11) is 2.55. The van der Waals surface area contributed by atoms with Gasteiger partial charge in [0.1, 0.15) is 11.4 Å². The average molecular weight is 500 g/mol. The van der Waals surface area contributed by atoms with Crippen molar-refractivity contribution >= 4 is 11.9 Å². The molecule has 1 fully saturated rings. The maximum atomic E-state index is 13.6. The van der Waals surface area contributed by atoms with Crippen LogP contribution in [0.1, 0.15) is 37.4 Å². The molecule has 2 aromatic rings. The largest absolute Gasteiger partial charge is 0.481 e. The van der Waals surface area contributed by atoms with Crippen molar-refractivity contribution in [3.8, 4) is 0 Å². The number of rotatable bonds is 8. The second-order valence-corrected chi connectivity index (χ2v) is 9.52. The highest BCUT2D eigenvalue weighted by Gasteiger charge is 2.54. The second-order valence-electron chi connectivity index (χ2n) is 9.52. The minimum atomic E-state index is -4.60. The molecule has 0 radical (unpaired) electrons. The van der Waals surface area contributed by atoms with Crippen LogP contribution in [0.25, 0.3) is 0 Å². The Morgan fingerprint density at radius 2 is 1.74 bits per heavy atom. The highest BCUT2D eigenvalue weighted by molar-refractivity contribution is 5.79. The Balaban J connectivity index is 1.65. The van der Waals surface area contributed by atoms with Gasteiger partial charge in [-0.25, -0.2) is 9.07 Å². The summed E-state index contributed by atoms with van der Waals surface area (Å²) in [6.45, 7) is 1.39. The lowest BCUT2D eigenvalue weighted by Gasteiger charge is -2.42. The number of aromatic nitrogens is 3. The molecule has 1 saturated heterocycles. The highest BCUT2D eigenvalue weighted by atomic mass is 19.4. The van der Waals surface area contributed by atoms with Crippen molar-refractivity contribution in [2.24, 2.45) is 5.41 Å². The maximum absolute atomic E-state index is 13.6. The molecule has 1 N–H and O–H groups in total. The van der Waals surface area contributed by atoms with Crippen LogP contribution in [0.5, 0.6) is 0 Å². The summed E-state index contributed by atoms with van der Waals surface area (Å²) in [6, 6.07) is 5.89. The van der Waals surface area contributed by atoms with Crippen molar-refractivity contribution in [1.29, 1.82) is 0 Å². The molecular formula is C23H29F4N5O3. The van der Waals surface area contributed by atoms with Gasteiger partial charge in [0, 0.05) is 25.7 Å². The summed E-state index contributed by atoms with van der Waals surface area (Å²) in [6.07, 6.45) is -3.48. The summed E-state index contributed by atoms with van der Waals surface area (Å²) in [4.78, 5) is 27.2. The molecule has 2 heterocycles. The average Bonchev–Trinajstić information content (AvgIpc) is 3.21. The van der Waals surface area contributed by atoms with Crippen LogP contribution in [0.2, 0.25) is 0 Å². The van der Waals surface area contributed by atoms with Crippen molar-refractivity contribution < 1.29 is 32.3 Å². The van der Waals surface area contributed by atoms with Crippen LogP contribution < -0.4 is 0 Å². The Morgan fingerprint density at radius 3 is 2.26 bits per heavy atom. The molecule has 0 saturated carbocycles. The Labute approximate surface area is 200 Å². The van der Waals surface area contributed by atoms with Crippen LogP contribution in [0.15, 0.2) is 30.5 Å². The molecule has 0 bridgehead atoms. The van der Waals surface area contributed by atoms with E-state index in [1.807, 2.05) is 0 Å². The quantitative estimate of drug-likeness (QED) is 0.562. The van der Waals surface area contributed by atoms with E-state index in [1.165, 1.54) is 35.8 Å². The molecular weight excluding hydrogens is 470 g/mol. The third kappa shape index (κ3) is 5.80. The minimum absolute atomic E-state index is 0.0379. The number of carbonyl (C=O) groups excluding carboxylic acids is 1. The third-order valence-electron chi connectivity index (χ3n) is 6.98. The molecule has 192 valence electrons. The number of halogens is 4. The van der Waals surface area contributed by atoms with E-state index >= 15 is 0 Å². The van der Waals surface area contributed by atoms with Gasteiger partial charge in [-0.05, 0) is 51.6 Å². The number of carbonyl (C=O) groups is 2. The fourth-order valence-electron chi connectivity index (χ4n) is 4.19. The Bertz CT molecular complexity index is 1050. The van der Waals surface area contributed by atoms with E-state index < -0.39 is 35.4 Å². The number of aliphatic carboxylic acids is 1. The van der Waals surface area contributed by atoms with Gasteiger partial charge in [0.15, 0.2) is 0 Å². The van der Waals surface area contributed by atoms with Gasteiger partial charge in [0.25, 0.3) is 0 Å². The number of likely N-dealkylation sites (tertiary alicyclic amines) is 1. The van der Waals surface area contributed by atoms with Gasteiger partial charge < -0.3 is 10.0 Å². The van der Waals surface area contributed by atoms with E-state index in [9.17, 15) is 32.3 Å². The lowest BCUT2D eigenvalue weighted by molar-refractivity contribution is -0.222. The summed E-state index contributed by atoms with van der Waals surface area (Å²) in [5.41, 5.74) is -2.28. The van der Waals surface area contributed by atoms with Crippen LogP contribution in [0, 0.1) is 11.2 Å².